The lowest BCUT2D eigenvalue weighted by atomic mass is 9.68. The number of hydrogen-bond donors (Lipinski definition) is 2. The van der Waals surface area contributed by atoms with Gasteiger partial charge in [0.2, 0.25) is 11.8 Å². The molecule has 190 valence electrons. The van der Waals surface area contributed by atoms with E-state index >= 15 is 0 Å². The molecule has 3 fully saturated rings. The highest BCUT2D eigenvalue weighted by atomic mass is 32.2. The highest BCUT2D eigenvalue weighted by Gasteiger charge is 2.70. The molecule has 1 aromatic heterocycles. The summed E-state index contributed by atoms with van der Waals surface area (Å²) in [6, 6.07) is 7.22. The third kappa shape index (κ3) is 3.19. The number of nitrogens with one attached hydrogen (secondary N) is 1. The topological polar surface area (TPSA) is 111 Å². The third-order valence-electron chi connectivity index (χ3n) is 8.69. The average Bonchev–Trinajstić information content (AvgIpc) is 3.54. The molecule has 0 radical (unpaired) electrons. The number of fused-ring (bicyclic) bond motifs is 9. The van der Waals surface area contributed by atoms with Crippen molar-refractivity contribution in [2.45, 2.75) is 42.5 Å². The summed E-state index contributed by atoms with van der Waals surface area (Å²) in [6.45, 7) is 3.47. The van der Waals surface area contributed by atoms with E-state index in [2.05, 4.69) is 29.2 Å². The van der Waals surface area contributed by atoms with Crippen molar-refractivity contribution >= 4 is 46.6 Å². The molecule has 0 spiro atoms. The summed E-state index contributed by atoms with van der Waals surface area (Å²) in [4.78, 5) is 58.8. The molecule has 3 heterocycles. The Morgan fingerprint density at radius 2 is 1.72 bits per heavy atom. The van der Waals surface area contributed by atoms with Crippen molar-refractivity contribution < 1.29 is 19.5 Å². The van der Waals surface area contributed by atoms with Crippen LogP contribution in [0.15, 0.2) is 34.1 Å². The fraction of sp³-hybridized carbons (Fsp3) is 0.538. The molecule has 2 aliphatic carbocycles. The van der Waals surface area contributed by atoms with Crippen LogP contribution in [-0.2, 0) is 14.4 Å². The van der Waals surface area contributed by atoms with Gasteiger partial charge in [-0.1, -0.05) is 37.3 Å². The Balaban J connectivity index is 1.42. The molecule has 2 amide bonds. The van der Waals surface area contributed by atoms with Crippen LogP contribution in [0.25, 0.3) is 0 Å². The van der Waals surface area contributed by atoms with Crippen molar-refractivity contribution in [1.29, 1.82) is 0 Å². The van der Waals surface area contributed by atoms with Crippen LogP contribution in [0.4, 0.5) is 5.69 Å². The first-order chi connectivity index (χ1) is 17.1. The fourth-order valence-electron chi connectivity index (χ4n) is 7.36. The fourth-order valence-corrected chi connectivity index (χ4v) is 10.2. The second-order valence-corrected chi connectivity index (χ2v) is 13.2. The van der Waals surface area contributed by atoms with E-state index in [0.717, 1.165) is 32.5 Å². The summed E-state index contributed by atoms with van der Waals surface area (Å²) in [5.41, 5.74) is 2.19. The van der Waals surface area contributed by atoms with Crippen molar-refractivity contribution in [2.75, 3.05) is 19.0 Å². The van der Waals surface area contributed by atoms with E-state index in [4.69, 9.17) is 0 Å². The van der Waals surface area contributed by atoms with E-state index < -0.39 is 23.8 Å². The van der Waals surface area contributed by atoms with Crippen LogP contribution in [0.5, 0.6) is 0 Å². The second kappa shape index (κ2) is 8.21. The highest BCUT2D eigenvalue weighted by molar-refractivity contribution is 8.00. The molecular formula is C26H29N3O5S2. The zero-order chi connectivity index (χ0) is 25.6. The van der Waals surface area contributed by atoms with E-state index in [1.807, 2.05) is 19.0 Å². The number of aromatic nitrogens is 1. The lowest BCUT2D eigenvalue weighted by Crippen LogP contribution is -2.49. The Kier molecular flexibility index (Phi) is 5.42. The van der Waals surface area contributed by atoms with Gasteiger partial charge in [-0.3, -0.25) is 19.3 Å². The minimum Gasteiger partial charge on any atom is -0.480 e. The average molecular weight is 528 g/mol. The number of rotatable bonds is 5. The molecule has 8 atom stereocenters. The first-order valence-electron chi connectivity index (χ1n) is 12.4. The number of carbonyl (C=O) groups is 3. The van der Waals surface area contributed by atoms with Gasteiger partial charge in [0.25, 0.3) is 0 Å². The Hall–Kier alpha value is -2.59. The number of H-pyrrole nitrogens is 1. The molecule has 1 saturated heterocycles. The zero-order valence-corrected chi connectivity index (χ0v) is 22.1. The van der Waals surface area contributed by atoms with Gasteiger partial charge in [-0.25, -0.2) is 4.79 Å². The van der Waals surface area contributed by atoms with E-state index in [9.17, 15) is 24.3 Å². The van der Waals surface area contributed by atoms with Crippen LogP contribution < -0.4 is 9.77 Å². The molecule has 6 rings (SSSR count). The summed E-state index contributed by atoms with van der Waals surface area (Å²) in [5, 5.41) is 10.8. The van der Waals surface area contributed by atoms with E-state index in [1.54, 1.807) is 25.6 Å². The van der Waals surface area contributed by atoms with Crippen LogP contribution >= 0.6 is 23.1 Å². The molecule has 2 aromatic rings. The number of thiazole rings is 1. The lowest BCUT2D eigenvalue weighted by Gasteiger charge is -2.43. The van der Waals surface area contributed by atoms with Gasteiger partial charge in [-0.05, 0) is 47.8 Å². The number of imide groups is 1. The van der Waals surface area contributed by atoms with Crippen LogP contribution in [0.3, 0.4) is 0 Å². The van der Waals surface area contributed by atoms with E-state index in [-0.39, 0.29) is 51.5 Å². The van der Waals surface area contributed by atoms with Crippen molar-refractivity contribution in [3.63, 3.8) is 0 Å². The molecule has 2 N–H and O–H groups in total. The SMILES string of the molecule is CC(C)[C@H](C(=O)O)N1C(=O)[C@@H]2[C@@H]3C[C@H]([C@H]4Sc5[nH]c(=O)sc5[C@@H](c5ccc(N(C)C)cc5)[C@H]34)[C@@H]2C1=O. The number of carboxylic acid groups (broad SMARTS) is 1. The van der Waals surface area contributed by atoms with Gasteiger partial charge in [0.05, 0.1) is 16.9 Å². The Morgan fingerprint density at radius 3 is 2.31 bits per heavy atom. The van der Waals surface area contributed by atoms with Gasteiger partial charge in [0.15, 0.2) is 0 Å². The number of hydrogen-bond acceptors (Lipinski definition) is 7. The van der Waals surface area contributed by atoms with Crippen molar-refractivity contribution in [3.05, 3.63) is 44.4 Å². The predicted molar refractivity (Wildman–Crippen MR) is 137 cm³/mol. The van der Waals surface area contributed by atoms with E-state index in [0.29, 0.717) is 0 Å². The van der Waals surface area contributed by atoms with Gasteiger partial charge in [-0.15, -0.1) is 11.8 Å². The van der Waals surface area contributed by atoms with Crippen LogP contribution in [-0.4, -0.2) is 58.2 Å². The van der Waals surface area contributed by atoms with Gasteiger partial charge >= 0.3 is 10.8 Å². The quantitative estimate of drug-likeness (QED) is 0.575. The number of carboxylic acids is 1. The summed E-state index contributed by atoms with van der Waals surface area (Å²) >= 11 is 2.88. The molecule has 10 heteroatoms. The third-order valence-corrected chi connectivity index (χ3v) is 11.3. The number of amides is 2. The number of thioether (sulfide) groups is 1. The molecule has 2 aliphatic heterocycles. The minimum atomic E-state index is -1.14. The number of benzene rings is 1. The number of aromatic amines is 1. The maximum absolute atomic E-state index is 13.7. The van der Waals surface area contributed by atoms with Crippen molar-refractivity contribution in [2.24, 2.45) is 35.5 Å². The molecule has 1 aromatic carbocycles. The summed E-state index contributed by atoms with van der Waals surface area (Å²) in [6.07, 6.45) is 0.786. The van der Waals surface area contributed by atoms with Crippen LogP contribution in [0.1, 0.15) is 36.6 Å². The van der Waals surface area contributed by atoms with Gasteiger partial charge in [0, 0.05) is 35.8 Å². The number of carbonyl (C=O) groups excluding carboxylic acids is 2. The van der Waals surface area contributed by atoms with E-state index in [1.165, 1.54) is 11.3 Å². The van der Waals surface area contributed by atoms with Crippen molar-refractivity contribution in [1.82, 2.24) is 9.88 Å². The zero-order valence-electron chi connectivity index (χ0n) is 20.5. The van der Waals surface area contributed by atoms with Gasteiger partial charge < -0.3 is 15.0 Å². The summed E-state index contributed by atoms with van der Waals surface area (Å²) in [7, 11) is 3.98. The molecule has 8 nitrogen and oxygen atoms in total. The minimum absolute atomic E-state index is 0.0156. The highest BCUT2D eigenvalue weighted by Crippen LogP contribution is 2.68. The lowest BCUT2D eigenvalue weighted by molar-refractivity contribution is -0.157. The Morgan fingerprint density at radius 1 is 1.08 bits per heavy atom. The van der Waals surface area contributed by atoms with Gasteiger partial charge in [-0.2, -0.15) is 0 Å². The normalized spacial score (nSPS) is 33.0. The van der Waals surface area contributed by atoms with Crippen molar-refractivity contribution in [3.8, 4) is 0 Å². The number of anilines is 1. The number of nitrogens with zero attached hydrogens (tertiary/aromatic N) is 2. The smallest absolute Gasteiger partial charge is 0.327 e. The number of aliphatic carboxylic acids is 1. The monoisotopic (exact) mass is 527 g/mol. The molecule has 0 unspecified atom stereocenters. The first kappa shape index (κ1) is 23.8. The first-order valence-corrected chi connectivity index (χ1v) is 14.1. The molecule has 2 bridgehead atoms. The maximum Gasteiger partial charge on any atom is 0.327 e. The predicted octanol–water partition coefficient (Wildman–Crippen LogP) is 3.08. The molecular weight excluding hydrogens is 498 g/mol. The summed E-state index contributed by atoms with van der Waals surface area (Å²) in [5.74, 6) is -3.09. The molecule has 4 aliphatic rings. The number of likely N-dealkylation sites (tertiary alicyclic amines) is 1. The Bertz CT molecular complexity index is 1320. The maximum atomic E-state index is 13.7. The standard InChI is InChI=1S/C26H29N3O5S2/c1-10(2)19(25(32)33)29-23(30)17-13-9-14(18(17)24(29)31)20-16(13)15(21-22(35-20)27-26(34)36-21)11-5-7-12(8-6-11)28(3)4/h5-8,10,13-20H,9H2,1-4H3,(H,27,34)(H,32,33)/t13-,14+,15+,16+,17-,18+,19-,20-/m1/s1. The molecule has 36 heavy (non-hydrogen) atoms. The van der Waals surface area contributed by atoms with Crippen LogP contribution in [0.2, 0.25) is 0 Å². The van der Waals surface area contributed by atoms with Crippen LogP contribution in [0, 0.1) is 35.5 Å². The molecule has 2 saturated carbocycles. The largest absolute Gasteiger partial charge is 0.480 e. The Labute approximate surface area is 217 Å². The second-order valence-electron chi connectivity index (χ2n) is 11.0. The van der Waals surface area contributed by atoms with Gasteiger partial charge in [0.1, 0.15) is 6.04 Å². The summed E-state index contributed by atoms with van der Waals surface area (Å²) < 4.78 is 0.